The van der Waals surface area contributed by atoms with Crippen LogP contribution in [0.3, 0.4) is 0 Å². The Labute approximate surface area is 112 Å². The molecule has 96 valence electrons. The lowest BCUT2D eigenvalue weighted by Gasteiger charge is -2.16. The van der Waals surface area contributed by atoms with Gasteiger partial charge in [0.1, 0.15) is 5.82 Å². The lowest BCUT2D eigenvalue weighted by atomic mass is 10.2. The Kier molecular flexibility index (Phi) is 4.73. The second-order valence-electron chi connectivity index (χ2n) is 4.38. The summed E-state index contributed by atoms with van der Waals surface area (Å²) in [4.78, 5) is 6.60. The molecule has 4 heteroatoms. The van der Waals surface area contributed by atoms with E-state index < -0.39 is 0 Å². The largest absolute Gasteiger partial charge is 0.370 e. The second kappa shape index (κ2) is 6.52. The molecule has 0 aliphatic rings. The van der Waals surface area contributed by atoms with Gasteiger partial charge in [-0.1, -0.05) is 0 Å². The molecule has 0 saturated heterocycles. The predicted octanol–water partition coefficient (Wildman–Crippen LogP) is 3.21. The molecular weight excluding hydrogens is 242 g/mol. The first kappa shape index (κ1) is 13.1. The number of pyridine rings is 1. The number of rotatable bonds is 6. The number of aromatic nitrogens is 1. The molecule has 0 aliphatic carbocycles. The zero-order valence-corrected chi connectivity index (χ0v) is 11.7. The van der Waals surface area contributed by atoms with Gasteiger partial charge in [0.25, 0.3) is 0 Å². The molecule has 0 atom stereocenters. The SMILES string of the molecule is CCNc1cc(CN(C)Cc2ccsc2)ccn1. The normalized spacial score (nSPS) is 10.8. The van der Waals surface area contributed by atoms with Gasteiger partial charge in [-0.15, -0.1) is 0 Å². The minimum Gasteiger partial charge on any atom is -0.370 e. The van der Waals surface area contributed by atoms with Gasteiger partial charge in [0.2, 0.25) is 0 Å². The van der Waals surface area contributed by atoms with Crippen LogP contribution in [0.5, 0.6) is 0 Å². The molecule has 0 fully saturated rings. The van der Waals surface area contributed by atoms with E-state index in [0.717, 1.165) is 25.5 Å². The first-order valence-electron chi connectivity index (χ1n) is 6.16. The monoisotopic (exact) mass is 261 g/mol. The van der Waals surface area contributed by atoms with Gasteiger partial charge in [-0.2, -0.15) is 11.3 Å². The van der Waals surface area contributed by atoms with E-state index in [9.17, 15) is 0 Å². The minimum absolute atomic E-state index is 0.904. The number of thiophene rings is 1. The Morgan fingerprint density at radius 2 is 2.11 bits per heavy atom. The third-order valence-electron chi connectivity index (χ3n) is 2.67. The highest BCUT2D eigenvalue weighted by Gasteiger charge is 2.03. The van der Waals surface area contributed by atoms with Gasteiger partial charge in [0, 0.05) is 25.8 Å². The Morgan fingerprint density at radius 3 is 2.83 bits per heavy atom. The van der Waals surface area contributed by atoms with Crippen LogP contribution in [0.2, 0.25) is 0 Å². The van der Waals surface area contributed by atoms with Crippen molar-refractivity contribution >= 4 is 17.2 Å². The summed E-state index contributed by atoms with van der Waals surface area (Å²) >= 11 is 1.75. The van der Waals surface area contributed by atoms with E-state index in [4.69, 9.17) is 0 Å². The van der Waals surface area contributed by atoms with E-state index in [2.05, 4.69) is 58.1 Å². The second-order valence-corrected chi connectivity index (χ2v) is 5.16. The molecule has 18 heavy (non-hydrogen) atoms. The highest BCUT2D eigenvalue weighted by Crippen LogP contribution is 2.12. The van der Waals surface area contributed by atoms with Crippen molar-refractivity contribution in [1.82, 2.24) is 9.88 Å². The molecule has 3 nitrogen and oxygen atoms in total. The summed E-state index contributed by atoms with van der Waals surface area (Å²) in [5, 5.41) is 7.56. The fourth-order valence-electron chi connectivity index (χ4n) is 1.91. The number of hydrogen-bond donors (Lipinski definition) is 1. The van der Waals surface area contributed by atoms with Crippen molar-refractivity contribution in [2.24, 2.45) is 0 Å². The smallest absolute Gasteiger partial charge is 0.126 e. The first-order valence-corrected chi connectivity index (χ1v) is 7.10. The molecule has 0 aromatic carbocycles. The van der Waals surface area contributed by atoms with E-state index in [1.807, 2.05) is 6.20 Å². The summed E-state index contributed by atoms with van der Waals surface area (Å²) < 4.78 is 0. The Morgan fingerprint density at radius 1 is 1.28 bits per heavy atom. The molecule has 2 rings (SSSR count). The van der Waals surface area contributed by atoms with Crippen molar-refractivity contribution < 1.29 is 0 Å². The lowest BCUT2D eigenvalue weighted by molar-refractivity contribution is 0.319. The van der Waals surface area contributed by atoms with E-state index in [0.29, 0.717) is 0 Å². The van der Waals surface area contributed by atoms with Crippen molar-refractivity contribution in [1.29, 1.82) is 0 Å². The summed E-state index contributed by atoms with van der Waals surface area (Å²) in [5.41, 5.74) is 2.67. The van der Waals surface area contributed by atoms with Crippen molar-refractivity contribution in [3.63, 3.8) is 0 Å². The highest BCUT2D eigenvalue weighted by atomic mass is 32.1. The van der Waals surface area contributed by atoms with Gasteiger partial charge < -0.3 is 5.32 Å². The molecule has 2 heterocycles. The fourth-order valence-corrected chi connectivity index (χ4v) is 2.57. The molecule has 0 radical (unpaired) electrons. The maximum atomic E-state index is 4.28. The van der Waals surface area contributed by atoms with Crippen LogP contribution in [0.1, 0.15) is 18.1 Å². The van der Waals surface area contributed by atoms with Gasteiger partial charge >= 0.3 is 0 Å². The van der Waals surface area contributed by atoms with E-state index in [1.165, 1.54) is 11.1 Å². The zero-order valence-electron chi connectivity index (χ0n) is 10.9. The number of nitrogens with zero attached hydrogens (tertiary/aromatic N) is 2. The maximum Gasteiger partial charge on any atom is 0.126 e. The molecule has 0 aliphatic heterocycles. The quantitative estimate of drug-likeness (QED) is 0.865. The van der Waals surface area contributed by atoms with Crippen molar-refractivity contribution in [3.05, 3.63) is 46.3 Å². The van der Waals surface area contributed by atoms with E-state index in [1.54, 1.807) is 11.3 Å². The van der Waals surface area contributed by atoms with Crippen LogP contribution in [0, 0.1) is 0 Å². The Hall–Kier alpha value is -1.39. The van der Waals surface area contributed by atoms with Gasteiger partial charge in [-0.05, 0) is 54.1 Å². The predicted molar refractivity (Wildman–Crippen MR) is 77.9 cm³/mol. The van der Waals surface area contributed by atoms with Crippen LogP contribution in [0.15, 0.2) is 35.2 Å². The summed E-state index contributed by atoms with van der Waals surface area (Å²) in [7, 11) is 2.14. The topological polar surface area (TPSA) is 28.2 Å². The first-order chi connectivity index (χ1) is 8.78. The fraction of sp³-hybridized carbons (Fsp3) is 0.357. The Bertz CT molecular complexity index is 468. The van der Waals surface area contributed by atoms with Crippen LogP contribution in [0.25, 0.3) is 0 Å². The van der Waals surface area contributed by atoms with Crippen LogP contribution < -0.4 is 5.32 Å². The molecule has 0 bridgehead atoms. The number of hydrogen-bond acceptors (Lipinski definition) is 4. The average Bonchev–Trinajstić information content (AvgIpc) is 2.82. The van der Waals surface area contributed by atoms with Crippen LogP contribution in [-0.4, -0.2) is 23.5 Å². The van der Waals surface area contributed by atoms with E-state index in [-0.39, 0.29) is 0 Å². The molecule has 0 saturated carbocycles. The van der Waals surface area contributed by atoms with Crippen LogP contribution in [-0.2, 0) is 13.1 Å². The third kappa shape index (κ3) is 3.82. The van der Waals surface area contributed by atoms with E-state index >= 15 is 0 Å². The summed E-state index contributed by atoms with van der Waals surface area (Å²) in [6, 6.07) is 6.37. The molecule has 0 amide bonds. The average molecular weight is 261 g/mol. The lowest BCUT2D eigenvalue weighted by Crippen LogP contribution is -2.17. The minimum atomic E-state index is 0.904. The van der Waals surface area contributed by atoms with Crippen LogP contribution >= 0.6 is 11.3 Å². The van der Waals surface area contributed by atoms with Crippen LogP contribution in [0.4, 0.5) is 5.82 Å². The van der Waals surface area contributed by atoms with Crippen molar-refractivity contribution in [2.75, 3.05) is 18.9 Å². The molecule has 0 spiro atoms. The van der Waals surface area contributed by atoms with Gasteiger partial charge in [0.15, 0.2) is 0 Å². The van der Waals surface area contributed by atoms with Gasteiger partial charge in [0.05, 0.1) is 0 Å². The summed E-state index contributed by atoms with van der Waals surface area (Å²) in [6.07, 6.45) is 1.87. The number of anilines is 1. The molecular formula is C14H19N3S. The maximum absolute atomic E-state index is 4.28. The van der Waals surface area contributed by atoms with Gasteiger partial charge in [-0.3, -0.25) is 4.90 Å². The molecule has 1 N–H and O–H groups in total. The number of nitrogens with one attached hydrogen (secondary N) is 1. The standard InChI is InChI=1S/C14H19N3S/c1-3-15-14-8-12(4-6-16-14)9-17(2)10-13-5-7-18-11-13/h4-8,11H,3,9-10H2,1-2H3,(H,15,16). The molecule has 2 aromatic heterocycles. The van der Waals surface area contributed by atoms with Crippen molar-refractivity contribution in [2.45, 2.75) is 20.0 Å². The molecule has 2 aromatic rings. The van der Waals surface area contributed by atoms with Crippen molar-refractivity contribution in [3.8, 4) is 0 Å². The third-order valence-corrected chi connectivity index (χ3v) is 3.40. The zero-order chi connectivity index (χ0) is 12.8. The van der Waals surface area contributed by atoms with Gasteiger partial charge in [-0.25, -0.2) is 4.98 Å². The highest BCUT2D eigenvalue weighted by molar-refractivity contribution is 7.07. The Balaban J connectivity index is 1.93. The summed E-state index contributed by atoms with van der Waals surface area (Å²) in [5.74, 6) is 0.957. The molecule has 0 unspecified atom stereocenters. The summed E-state index contributed by atoms with van der Waals surface area (Å²) in [6.45, 7) is 4.91.